The highest BCUT2D eigenvalue weighted by molar-refractivity contribution is 6.00. The van der Waals surface area contributed by atoms with Crippen molar-refractivity contribution in [3.8, 4) is 22.5 Å². The fraction of sp³-hybridized carbons (Fsp3) is 0.296. The van der Waals surface area contributed by atoms with E-state index >= 15 is 4.39 Å². The van der Waals surface area contributed by atoms with Crippen LogP contribution in [0.1, 0.15) is 18.4 Å². The van der Waals surface area contributed by atoms with Crippen molar-refractivity contribution in [3.05, 3.63) is 70.7 Å². The number of likely N-dealkylation sites (tertiary alicyclic amines) is 1. The molecular formula is C27H27FN8O2. The molecule has 38 heavy (non-hydrogen) atoms. The van der Waals surface area contributed by atoms with Crippen LogP contribution in [0.2, 0.25) is 0 Å². The summed E-state index contributed by atoms with van der Waals surface area (Å²) in [6, 6.07) is 8.74. The van der Waals surface area contributed by atoms with Crippen LogP contribution in [-0.2, 0) is 13.1 Å². The van der Waals surface area contributed by atoms with E-state index in [4.69, 9.17) is 5.73 Å². The van der Waals surface area contributed by atoms with Gasteiger partial charge in [-0.1, -0.05) is 6.07 Å². The van der Waals surface area contributed by atoms with Crippen molar-refractivity contribution < 1.29 is 9.18 Å². The first-order valence-electron chi connectivity index (χ1n) is 12.8. The van der Waals surface area contributed by atoms with E-state index in [-0.39, 0.29) is 17.6 Å². The Labute approximate surface area is 216 Å². The molecule has 2 aliphatic rings. The summed E-state index contributed by atoms with van der Waals surface area (Å²) < 4.78 is 19.0. The molecule has 5 aromatic rings. The molecule has 1 saturated heterocycles. The third-order valence-corrected chi connectivity index (χ3v) is 7.79. The first-order valence-corrected chi connectivity index (χ1v) is 12.8. The number of nitrogens with one attached hydrogen (secondary N) is 2. The lowest BCUT2D eigenvalue weighted by molar-refractivity contribution is 0.137. The Morgan fingerprint density at radius 1 is 1.08 bits per heavy atom. The molecule has 2 amide bonds. The lowest BCUT2D eigenvalue weighted by atomic mass is 10.0. The Bertz CT molecular complexity index is 1750. The zero-order chi connectivity index (χ0) is 26.0. The fourth-order valence-corrected chi connectivity index (χ4v) is 5.88. The molecule has 2 aliphatic heterocycles. The minimum absolute atomic E-state index is 0.0442. The van der Waals surface area contributed by atoms with E-state index < -0.39 is 5.82 Å². The second-order valence-corrected chi connectivity index (χ2v) is 10.1. The number of piperidine rings is 1. The number of imidazole rings is 1. The molecule has 10 nitrogen and oxygen atoms in total. The van der Waals surface area contributed by atoms with Gasteiger partial charge in [0.2, 0.25) is 0 Å². The van der Waals surface area contributed by atoms with Gasteiger partial charge in [0.1, 0.15) is 11.5 Å². The van der Waals surface area contributed by atoms with Crippen molar-refractivity contribution in [1.82, 2.24) is 33.9 Å². The van der Waals surface area contributed by atoms with Gasteiger partial charge in [0.15, 0.2) is 0 Å². The first-order chi connectivity index (χ1) is 18.5. The van der Waals surface area contributed by atoms with Gasteiger partial charge in [-0.05, 0) is 42.7 Å². The molecule has 7 rings (SSSR count). The highest BCUT2D eigenvalue weighted by Crippen LogP contribution is 2.37. The number of hydrogen-bond donors (Lipinski definition) is 3. The van der Waals surface area contributed by atoms with Gasteiger partial charge in [0.05, 0.1) is 28.7 Å². The van der Waals surface area contributed by atoms with Crippen molar-refractivity contribution in [2.75, 3.05) is 19.6 Å². The molecule has 6 heterocycles. The average molecular weight is 515 g/mol. The molecule has 0 saturated carbocycles. The monoisotopic (exact) mass is 514 g/mol. The lowest BCUT2D eigenvalue weighted by Crippen LogP contribution is -2.49. The van der Waals surface area contributed by atoms with E-state index in [1.54, 1.807) is 11.1 Å². The maximum atomic E-state index is 15.0. The number of fused-ring (bicyclic) bond motifs is 1. The number of nitrogens with zero attached hydrogens (tertiary/aromatic N) is 5. The number of benzene rings is 1. The van der Waals surface area contributed by atoms with Crippen molar-refractivity contribution >= 4 is 22.6 Å². The predicted octanol–water partition coefficient (Wildman–Crippen LogP) is 3.14. The molecule has 0 atom stereocenters. The van der Waals surface area contributed by atoms with Crippen molar-refractivity contribution in [1.29, 1.82) is 0 Å². The number of carbonyl (C=O) groups is 1. The number of carbonyl (C=O) groups excluding carboxylic acids is 1. The second-order valence-electron chi connectivity index (χ2n) is 10.1. The number of aromatic amines is 2. The summed E-state index contributed by atoms with van der Waals surface area (Å²) >= 11 is 0. The zero-order valence-electron chi connectivity index (χ0n) is 20.7. The van der Waals surface area contributed by atoms with Crippen LogP contribution >= 0.6 is 0 Å². The highest BCUT2D eigenvalue weighted by atomic mass is 19.1. The quantitative estimate of drug-likeness (QED) is 0.335. The Hall–Kier alpha value is -4.38. The van der Waals surface area contributed by atoms with E-state index in [0.717, 1.165) is 29.7 Å². The summed E-state index contributed by atoms with van der Waals surface area (Å²) in [5.74, 6) is -0.409. The molecule has 0 spiro atoms. The number of amides is 2. The van der Waals surface area contributed by atoms with E-state index in [2.05, 4.69) is 15.2 Å². The van der Waals surface area contributed by atoms with E-state index in [1.165, 1.54) is 12.1 Å². The van der Waals surface area contributed by atoms with Gasteiger partial charge in [-0.15, -0.1) is 0 Å². The van der Waals surface area contributed by atoms with Crippen LogP contribution in [0.25, 0.3) is 39.1 Å². The number of aromatic nitrogens is 5. The molecule has 0 radical (unpaired) electrons. The minimum Gasteiger partial charge on any atom is -0.345 e. The third kappa shape index (κ3) is 3.53. The predicted molar refractivity (Wildman–Crippen MR) is 141 cm³/mol. The van der Waals surface area contributed by atoms with Crippen molar-refractivity contribution in [3.63, 3.8) is 0 Å². The number of halogens is 1. The van der Waals surface area contributed by atoms with Crippen LogP contribution in [0.15, 0.2) is 53.7 Å². The van der Waals surface area contributed by atoms with Gasteiger partial charge in [-0.3, -0.25) is 19.4 Å². The number of H-pyrrole nitrogens is 2. The molecule has 0 aliphatic carbocycles. The maximum Gasteiger partial charge on any atom is 0.320 e. The van der Waals surface area contributed by atoms with E-state index in [1.807, 2.05) is 44.5 Å². The van der Waals surface area contributed by atoms with Gasteiger partial charge >= 0.3 is 6.03 Å². The van der Waals surface area contributed by atoms with Crippen LogP contribution in [0, 0.1) is 5.82 Å². The Kier molecular flexibility index (Phi) is 5.15. The van der Waals surface area contributed by atoms with Crippen molar-refractivity contribution in [2.24, 2.45) is 5.73 Å². The zero-order valence-corrected chi connectivity index (χ0v) is 20.7. The highest BCUT2D eigenvalue weighted by Gasteiger charge is 2.29. The summed E-state index contributed by atoms with van der Waals surface area (Å²) in [4.78, 5) is 34.5. The Morgan fingerprint density at radius 2 is 1.92 bits per heavy atom. The van der Waals surface area contributed by atoms with Crippen LogP contribution in [0.4, 0.5) is 9.18 Å². The van der Waals surface area contributed by atoms with Crippen LogP contribution in [0.3, 0.4) is 0 Å². The third-order valence-electron chi connectivity index (χ3n) is 7.79. The molecule has 4 aromatic heterocycles. The van der Waals surface area contributed by atoms with Crippen LogP contribution in [0.5, 0.6) is 0 Å². The molecule has 0 bridgehead atoms. The van der Waals surface area contributed by atoms with E-state index in [9.17, 15) is 9.59 Å². The maximum absolute atomic E-state index is 15.0. The summed E-state index contributed by atoms with van der Waals surface area (Å²) in [6.07, 6.45) is 7.06. The molecule has 4 N–H and O–H groups in total. The molecule has 1 fully saturated rings. The summed E-state index contributed by atoms with van der Waals surface area (Å²) in [5.41, 5.74) is 10.4. The average Bonchev–Trinajstić information content (AvgIpc) is 3.57. The summed E-state index contributed by atoms with van der Waals surface area (Å²) in [7, 11) is 0. The Balaban J connectivity index is 1.32. The van der Waals surface area contributed by atoms with Gasteiger partial charge in [0.25, 0.3) is 5.56 Å². The van der Waals surface area contributed by atoms with Crippen LogP contribution in [-0.4, -0.2) is 65.7 Å². The minimum atomic E-state index is -0.409. The number of nitrogens with two attached hydrogens (primary N) is 1. The van der Waals surface area contributed by atoms with Gasteiger partial charge in [0, 0.05) is 62.1 Å². The molecule has 11 heteroatoms. The Morgan fingerprint density at radius 3 is 2.76 bits per heavy atom. The normalized spacial score (nSPS) is 16.5. The van der Waals surface area contributed by atoms with Gasteiger partial charge in [-0.2, -0.15) is 0 Å². The number of urea groups is 1. The summed E-state index contributed by atoms with van der Waals surface area (Å²) in [6.45, 7) is 2.57. The number of hydrogen-bond acceptors (Lipinski definition) is 4. The first kappa shape index (κ1) is 22.8. The molecule has 194 valence electrons. The van der Waals surface area contributed by atoms with Crippen molar-refractivity contribution in [2.45, 2.75) is 32.0 Å². The molecular weight excluding hydrogens is 487 g/mol. The number of rotatable bonds is 2. The van der Waals surface area contributed by atoms with Gasteiger partial charge in [-0.25, -0.2) is 14.2 Å². The topological polar surface area (TPSA) is 120 Å². The fourth-order valence-electron chi connectivity index (χ4n) is 5.88. The smallest absolute Gasteiger partial charge is 0.320 e. The molecule has 1 aromatic carbocycles. The van der Waals surface area contributed by atoms with Gasteiger partial charge < -0.3 is 20.1 Å². The summed E-state index contributed by atoms with van der Waals surface area (Å²) in [5, 5.41) is 6.35. The largest absolute Gasteiger partial charge is 0.345 e. The lowest BCUT2D eigenvalue weighted by Gasteiger charge is -2.34. The second kappa shape index (κ2) is 8.59. The SMILES string of the molecule is NC1CCN(C(=O)N2CCn3cc(-c4c(-c5cnc6ccccn56)[nH][nH]c4=O)c4cc(F)cc(c43)C2)CC1. The van der Waals surface area contributed by atoms with Crippen LogP contribution < -0.4 is 11.3 Å². The molecule has 0 unspecified atom stereocenters. The van der Waals surface area contributed by atoms with E-state index in [0.29, 0.717) is 60.5 Å². The number of pyridine rings is 1. The standard InChI is InChI=1S/C27H27FN8O2/c28-17-11-16-14-35(27(38)33-7-4-18(29)5-8-33)10-9-34-15-20(19(12-17)25(16)34)23-24(31-32-26(23)37)21-13-30-22-3-1-2-6-36(21)22/h1-3,6,11-13,15,18H,4-5,7-10,14,29H2,(H2,31,32,37).